The van der Waals surface area contributed by atoms with Crippen LogP contribution in [0.15, 0.2) is 55.2 Å². The summed E-state index contributed by atoms with van der Waals surface area (Å²) in [6.07, 6.45) is 0. The number of aromatic hydroxyl groups is 1. The predicted octanol–water partition coefficient (Wildman–Crippen LogP) is 4.57. The van der Waals surface area contributed by atoms with Crippen LogP contribution in [0.3, 0.4) is 0 Å². The summed E-state index contributed by atoms with van der Waals surface area (Å²) in [7, 11) is 0. The van der Waals surface area contributed by atoms with Crippen LogP contribution in [-0.2, 0) is 0 Å². The van der Waals surface area contributed by atoms with E-state index in [9.17, 15) is 5.11 Å². The number of nitrogens with two attached hydrogens (primary N) is 3. The van der Waals surface area contributed by atoms with Gasteiger partial charge in [-0.15, -0.1) is 48.1 Å². The average molecular weight is 390 g/mol. The van der Waals surface area contributed by atoms with E-state index in [1.54, 1.807) is 30.3 Å². The van der Waals surface area contributed by atoms with Crippen molar-refractivity contribution in [3.8, 4) is 5.75 Å². The monoisotopic (exact) mass is 389 g/mol. The maximum atomic E-state index is 10.6. The topological polar surface area (TPSA) is 123 Å². The van der Waals surface area contributed by atoms with Gasteiger partial charge in [-0.05, 0) is 30.3 Å². The van der Waals surface area contributed by atoms with E-state index in [1.165, 1.54) is 0 Å². The number of fused-ring (bicyclic) bond motifs is 1. The molecular formula is C16H15N5OS3. The Bertz CT molecular complexity index is 1040. The molecule has 0 heterocycles. The molecule has 3 aromatic carbocycles. The first-order valence-corrected chi connectivity index (χ1v) is 8.39. The van der Waals surface area contributed by atoms with E-state index in [1.807, 2.05) is 0 Å². The Morgan fingerprint density at radius 2 is 1.56 bits per heavy atom. The molecule has 3 aromatic rings. The summed E-state index contributed by atoms with van der Waals surface area (Å²) in [5, 5.41) is 19.8. The third-order valence-electron chi connectivity index (χ3n) is 3.66. The highest BCUT2D eigenvalue weighted by Crippen LogP contribution is 2.46. The van der Waals surface area contributed by atoms with Gasteiger partial charge in [0.05, 0.1) is 22.4 Å². The van der Waals surface area contributed by atoms with Crippen molar-refractivity contribution in [2.75, 3.05) is 17.2 Å². The fourth-order valence-electron chi connectivity index (χ4n) is 2.39. The van der Waals surface area contributed by atoms with Crippen molar-refractivity contribution in [3.63, 3.8) is 0 Å². The maximum absolute atomic E-state index is 10.6. The van der Waals surface area contributed by atoms with E-state index in [2.05, 4.69) is 48.1 Å². The SMILES string of the molecule is Nc1ccc(N=Nc2c(S)cc3c(S)cc(N)c(N)c3c2O)c(S)c1. The van der Waals surface area contributed by atoms with E-state index < -0.39 is 0 Å². The van der Waals surface area contributed by atoms with Crippen LogP contribution >= 0.6 is 37.9 Å². The van der Waals surface area contributed by atoms with Gasteiger partial charge in [-0.25, -0.2) is 0 Å². The van der Waals surface area contributed by atoms with Crippen molar-refractivity contribution in [2.45, 2.75) is 14.7 Å². The summed E-state index contributed by atoms with van der Waals surface area (Å²) >= 11 is 13.1. The van der Waals surface area contributed by atoms with Gasteiger partial charge < -0.3 is 22.3 Å². The summed E-state index contributed by atoms with van der Waals surface area (Å²) in [6.45, 7) is 0. The molecule has 9 heteroatoms. The van der Waals surface area contributed by atoms with E-state index in [4.69, 9.17) is 17.2 Å². The molecule has 0 saturated carbocycles. The number of azo groups is 1. The van der Waals surface area contributed by atoms with Gasteiger partial charge >= 0.3 is 0 Å². The minimum absolute atomic E-state index is 0.164. The fraction of sp³-hybridized carbons (Fsp3) is 0. The first-order valence-electron chi connectivity index (χ1n) is 7.05. The molecular weight excluding hydrogens is 374 g/mol. The summed E-state index contributed by atoms with van der Waals surface area (Å²) in [5.41, 5.74) is 19.4. The Kier molecular flexibility index (Phi) is 4.63. The molecule has 0 radical (unpaired) electrons. The van der Waals surface area contributed by atoms with Crippen LogP contribution in [0.25, 0.3) is 10.8 Å². The number of phenolic OH excluding ortho intramolecular Hbond substituents is 1. The lowest BCUT2D eigenvalue weighted by atomic mass is 10.1. The number of anilines is 3. The number of benzene rings is 3. The van der Waals surface area contributed by atoms with E-state index >= 15 is 0 Å². The molecule has 3 rings (SSSR count). The molecule has 7 N–H and O–H groups in total. The largest absolute Gasteiger partial charge is 0.505 e. The zero-order valence-electron chi connectivity index (χ0n) is 12.8. The molecule has 0 unspecified atom stereocenters. The van der Waals surface area contributed by atoms with Crippen molar-refractivity contribution >= 4 is 77.1 Å². The highest BCUT2D eigenvalue weighted by molar-refractivity contribution is 7.81. The summed E-state index contributed by atoms with van der Waals surface area (Å²) in [6, 6.07) is 8.34. The summed E-state index contributed by atoms with van der Waals surface area (Å²) < 4.78 is 0. The van der Waals surface area contributed by atoms with Gasteiger partial charge in [-0.2, -0.15) is 0 Å². The molecule has 0 aliphatic rings. The normalized spacial score (nSPS) is 11.5. The molecule has 0 aliphatic heterocycles. The number of thiol groups is 3. The molecule has 128 valence electrons. The second-order valence-electron chi connectivity index (χ2n) is 5.36. The number of hydrogen-bond donors (Lipinski definition) is 7. The second-order valence-corrected chi connectivity index (χ2v) is 6.81. The number of rotatable bonds is 2. The molecule has 0 atom stereocenters. The third-order valence-corrected chi connectivity index (χ3v) is 4.73. The van der Waals surface area contributed by atoms with E-state index in [0.717, 1.165) is 0 Å². The molecule has 0 saturated heterocycles. The highest BCUT2D eigenvalue weighted by Gasteiger charge is 2.17. The van der Waals surface area contributed by atoms with E-state index in [0.29, 0.717) is 42.5 Å². The second kappa shape index (κ2) is 6.58. The van der Waals surface area contributed by atoms with Gasteiger partial charge in [-0.3, -0.25) is 0 Å². The minimum atomic E-state index is -0.164. The van der Waals surface area contributed by atoms with Crippen LogP contribution in [-0.4, -0.2) is 5.11 Å². The van der Waals surface area contributed by atoms with Crippen LogP contribution in [0.5, 0.6) is 5.75 Å². The van der Waals surface area contributed by atoms with E-state index in [-0.39, 0.29) is 17.1 Å². The minimum Gasteiger partial charge on any atom is -0.505 e. The summed E-state index contributed by atoms with van der Waals surface area (Å²) in [4.78, 5) is 1.56. The Balaban J connectivity index is 2.20. The zero-order valence-corrected chi connectivity index (χ0v) is 15.5. The highest BCUT2D eigenvalue weighted by atomic mass is 32.1. The Morgan fingerprint density at radius 3 is 2.24 bits per heavy atom. The van der Waals surface area contributed by atoms with Crippen LogP contribution in [0, 0.1) is 0 Å². The van der Waals surface area contributed by atoms with Crippen molar-refractivity contribution < 1.29 is 5.11 Å². The lowest BCUT2D eigenvalue weighted by molar-refractivity contribution is 0.481. The van der Waals surface area contributed by atoms with Crippen molar-refractivity contribution in [1.29, 1.82) is 0 Å². The Hall–Kier alpha value is -2.23. The van der Waals surface area contributed by atoms with Gasteiger partial charge in [0.15, 0.2) is 5.75 Å². The van der Waals surface area contributed by atoms with Crippen LogP contribution < -0.4 is 17.2 Å². The molecule has 6 nitrogen and oxygen atoms in total. The molecule has 0 spiro atoms. The third kappa shape index (κ3) is 3.17. The maximum Gasteiger partial charge on any atom is 0.154 e. The van der Waals surface area contributed by atoms with Gasteiger partial charge in [0, 0.05) is 25.8 Å². The lowest BCUT2D eigenvalue weighted by Gasteiger charge is -2.13. The molecule has 0 bridgehead atoms. The number of phenols is 1. The number of nitrogen functional groups attached to an aromatic ring is 3. The van der Waals surface area contributed by atoms with Gasteiger partial charge in [-0.1, -0.05) is 0 Å². The van der Waals surface area contributed by atoms with Gasteiger partial charge in [0.1, 0.15) is 5.69 Å². The number of hydrogen-bond acceptors (Lipinski definition) is 9. The van der Waals surface area contributed by atoms with Crippen LogP contribution in [0.1, 0.15) is 0 Å². The quantitative estimate of drug-likeness (QED) is 0.197. The van der Waals surface area contributed by atoms with Crippen LogP contribution in [0.2, 0.25) is 0 Å². The standard InChI is InChI=1S/C16H15N5OS3/c17-6-1-2-9(11(24)3-6)20-21-15-12(25)4-7-10(23)5-8(18)14(19)13(7)16(15)22/h1-5,22-25H,17-19H2. The Morgan fingerprint density at radius 1 is 0.840 bits per heavy atom. The van der Waals surface area contributed by atoms with Gasteiger partial charge in [0.25, 0.3) is 0 Å². The van der Waals surface area contributed by atoms with Crippen LogP contribution in [0.4, 0.5) is 28.4 Å². The first-order chi connectivity index (χ1) is 11.8. The molecule has 0 fully saturated rings. The molecule has 0 amide bonds. The molecule has 0 aliphatic carbocycles. The molecule has 0 aromatic heterocycles. The smallest absolute Gasteiger partial charge is 0.154 e. The first kappa shape index (κ1) is 17.6. The van der Waals surface area contributed by atoms with Crippen molar-refractivity contribution in [2.24, 2.45) is 10.2 Å². The Labute approximate surface area is 160 Å². The summed E-state index contributed by atoms with van der Waals surface area (Å²) in [5.74, 6) is -0.164. The van der Waals surface area contributed by atoms with Gasteiger partial charge in [0.2, 0.25) is 0 Å². The molecule has 25 heavy (non-hydrogen) atoms. The lowest BCUT2D eigenvalue weighted by Crippen LogP contribution is -1.96. The predicted molar refractivity (Wildman–Crippen MR) is 111 cm³/mol. The zero-order chi connectivity index (χ0) is 18.3. The van der Waals surface area contributed by atoms with Crippen molar-refractivity contribution in [3.05, 3.63) is 30.3 Å². The van der Waals surface area contributed by atoms with Crippen molar-refractivity contribution in [1.82, 2.24) is 0 Å². The average Bonchev–Trinajstić information content (AvgIpc) is 2.54. The fourth-order valence-corrected chi connectivity index (χ4v) is 3.26. The number of nitrogens with zero attached hydrogens (tertiary/aromatic N) is 2.